The average molecular weight is 540 g/mol. The molecule has 12 heteroatoms. The van der Waals surface area contributed by atoms with E-state index in [0.29, 0.717) is 39.5 Å². The van der Waals surface area contributed by atoms with Gasteiger partial charge in [-0.2, -0.15) is 0 Å². The summed E-state index contributed by atoms with van der Waals surface area (Å²) in [6.45, 7) is 2.18. The van der Waals surface area contributed by atoms with Gasteiger partial charge < -0.3 is 10.2 Å². The molecule has 1 N–H and O–H groups in total. The molecule has 1 aromatic carbocycles. The van der Waals surface area contributed by atoms with Crippen molar-refractivity contribution in [2.45, 2.75) is 31.7 Å². The van der Waals surface area contributed by atoms with Crippen LogP contribution in [0.15, 0.2) is 30.5 Å². The number of aldehydes is 1. The summed E-state index contributed by atoms with van der Waals surface area (Å²) < 4.78 is 29.4. The summed E-state index contributed by atoms with van der Waals surface area (Å²) in [7, 11) is 0. The van der Waals surface area contributed by atoms with E-state index in [9.17, 15) is 13.6 Å². The van der Waals surface area contributed by atoms with Crippen LogP contribution in [-0.4, -0.2) is 44.7 Å². The third-order valence-electron chi connectivity index (χ3n) is 6.07. The summed E-state index contributed by atoms with van der Waals surface area (Å²) in [5, 5.41) is 4.84. The Morgan fingerprint density at radius 1 is 1.09 bits per heavy atom. The fourth-order valence-electron chi connectivity index (χ4n) is 4.32. The number of anilines is 2. The first-order valence-corrected chi connectivity index (χ1v) is 12.0. The second-order valence-electron chi connectivity index (χ2n) is 8.45. The number of imidazole rings is 1. The monoisotopic (exact) mass is 538 g/mol. The van der Waals surface area contributed by atoms with Crippen LogP contribution in [0.4, 0.5) is 20.4 Å². The van der Waals surface area contributed by atoms with Gasteiger partial charge in [0, 0.05) is 41.9 Å². The second-order valence-corrected chi connectivity index (χ2v) is 9.66. The highest BCUT2D eigenvalue weighted by molar-refractivity contribution is 6.32. The molecule has 0 bridgehead atoms. The molecule has 0 aliphatic carbocycles. The standard InChI is InChI=1S/C23H19Cl3F2N6O/c1-12(29-16-2-3-18(25)30-17(16)11-35)14-8-13(24)9-15-20(14)32-22(34-10-19(26)31-21(15)34)33-6-4-23(27,28)5-7-33/h2-3,8-12,29H,4-7H2,1H3. The molecule has 1 unspecified atom stereocenters. The van der Waals surface area contributed by atoms with Gasteiger partial charge in [-0.05, 0) is 31.2 Å². The number of pyridine rings is 1. The van der Waals surface area contributed by atoms with Crippen molar-refractivity contribution in [1.29, 1.82) is 0 Å². The first-order valence-electron chi connectivity index (χ1n) is 10.8. The third-order valence-corrected chi connectivity index (χ3v) is 6.68. The SMILES string of the molecule is CC(Nc1ccc(Cl)nc1C=O)c1cc(Cl)cc2c1nc(N1CCC(F)(F)CC1)n1cc(Cl)nc21. The first kappa shape index (κ1) is 24.0. The zero-order valence-electron chi connectivity index (χ0n) is 18.4. The summed E-state index contributed by atoms with van der Waals surface area (Å²) in [5.41, 5.74) is 2.50. The normalized spacial score (nSPS) is 16.6. The van der Waals surface area contributed by atoms with E-state index in [1.54, 1.807) is 34.9 Å². The highest BCUT2D eigenvalue weighted by atomic mass is 35.5. The molecule has 4 aromatic rings. The number of piperidine rings is 1. The molecule has 35 heavy (non-hydrogen) atoms. The van der Waals surface area contributed by atoms with E-state index >= 15 is 0 Å². The van der Waals surface area contributed by atoms with Gasteiger partial charge in [0.1, 0.15) is 16.0 Å². The van der Waals surface area contributed by atoms with E-state index in [0.717, 1.165) is 5.56 Å². The Balaban J connectivity index is 1.65. The maximum atomic E-state index is 13.8. The number of benzene rings is 1. The zero-order chi connectivity index (χ0) is 24.9. The molecule has 1 fully saturated rings. The van der Waals surface area contributed by atoms with Crippen LogP contribution in [0.3, 0.4) is 0 Å². The number of alkyl halides is 2. The molecule has 4 heterocycles. The quantitative estimate of drug-likeness (QED) is 0.232. The van der Waals surface area contributed by atoms with Crippen molar-refractivity contribution in [1.82, 2.24) is 19.4 Å². The molecule has 0 radical (unpaired) electrons. The number of fused-ring (bicyclic) bond motifs is 3. The number of hydrogen-bond acceptors (Lipinski definition) is 6. The van der Waals surface area contributed by atoms with Crippen LogP contribution >= 0.6 is 34.8 Å². The lowest BCUT2D eigenvalue weighted by Gasteiger charge is -2.33. The Bertz CT molecular complexity index is 1450. The van der Waals surface area contributed by atoms with Crippen molar-refractivity contribution in [3.63, 3.8) is 0 Å². The van der Waals surface area contributed by atoms with Crippen molar-refractivity contribution in [2.24, 2.45) is 0 Å². The average Bonchev–Trinajstić information content (AvgIpc) is 3.21. The van der Waals surface area contributed by atoms with E-state index < -0.39 is 5.92 Å². The van der Waals surface area contributed by atoms with E-state index in [1.807, 2.05) is 11.8 Å². The van der Waals surface area contributed by atoms with Gasteiger partial charge in [0.15, 0.2) is 11.9 Å². The van der Waals surface area contributed by atoms with Crippen molar-refractivity contribution < 1.29 is 13.6 Å². The Hall–Kier alpha value is -2.75. The molecular formula is C23H19Cl3F2N6O. The van der Waals surface area contributed by atoms with Crippen molar-refractivity contribution >= 4 is 69.3 Å². The maximum Gasteiger partial charge on any atom is 0.251 e. The largest absolute Gasteiger partial charge is 0.377 e. The van der Waals surface area contributed by atoms with Crippen molar-refractivity contribution in [3.8, 4) is 0 Å². The number of carbonyl (C=O) groups is 1. The summed E-state index contributed by atoms with van der Waals surface area (Å²) in [6.07, 6.45) is 1.71. The molecule has 1 atom stereocenters. The molecule has 7 nitrogen and oxygen atoms in total. The van der Waals surface area contributed by atoms with Crippen LogP contribution in [0.5, 0.6) is 0 Å². The van der Waals surface area contributed by atoms with Gasteiger partial charge >= 0.3 is 0 Å². The van der Waals surface area contributed by atoms with E-state index in [4.69, 9.17) is 39.8 Å². The number of carbonyl (C=O) groups excluding carboxylic acids is 1. The fourth-order valence-corrected chi connectivity index (χ4v) is 4.88. The summed E-state index contributed by atoms with van der Waals surface area (Å²) in [5.74, 6) is -2.22. The Morgan fingerprint density at radius 2 is 1.83 bits per heavy atom. The van der Waals surface area contributed by atoms with Gasteiger partial charge in [0.2, 0.25) is 5.95 Å². The maximum absolute atomic E-state index is 13.8. The molecule has 3 aromatic heterocycles. The molecule has 1 aliphatic heterocycles. The van der Waals surface area contributed by atoms with Gasteiger partial charge in [-0.25, -0.2) is 23.7 Å². The second kappa shape index (κ2) is 9.04. The van der Waals surface area contributed by atoms with E-state index in [2.05, 4.69) is 15.3 Å². The number of halogens is 5. The first-order chi connectivity index (χ1) is 16.6. The highest BCUT2D eigenvalue weighted by Crippen LogP contribution is 2.36. The van der Waals surface area contributed by atoms with Crippen molar-refractivity contribution in [3.05, 3.63) is 57.0 Å². The van der Waals surface area contributed by atoms with Crippen molar-refractivity contribution in [2.75, 3.05) is 23.3 Å². The van der Waals surface area contributed by atoms with Gasteiger partial charge in [-0.1, -0.05) is 34.8 Å². The molecule has 1 saturated heterocycles. The predicted octanol–water partition coefficient (Wildman–Crippen LogP) is 6.46. The van der Waals surface area contributed by atoms with Crippen LogP contribution < -0.4 is 10.2 Å². The predicted molar refractivity (Wildman–Crippen MR) is 134 cm³/mol. The third kappa shape index (κ3) is 4.60. The Labute approximate surface area is 214 Å². The fraction of sp³-hybridized carbons (Fsp3) is 0.304. The molecular weight excluding hydrogens is 521 g/mol. The lowest BCUT2D eigenvalue weighted by molar-refractivity contribution is -0.0222. The summed E-state index contributed by atoms with van der Waals surface area (Å²) in [6, 6.07) is 6.40. The van der Waals surface area contributed by atoms with Gasteiger partial charge in [0.25, 0.3) is 5.92 Å². The van der Waals surface area contributed by atoms with E-state index in [-0.39, 0.29) is 48.0 Å². The highest BCUT2D eigenvalue weighted by Gasteiger charge is 2.35. The number of nitrogens with zero attached hydrogens (tertiary/aromatic N) is 5. The Kier molecular flexibility index (Phi) is 6.19. The number of aromatic nitrogens is 4. The smallest absolute Gasteiger partial charge is 0.251 e. The summed E-state index contributed by atoms with van der Waals surface area (Å²) >= 11 is 18.6. The van der Waals surface area contributed by atoms with Gasteiger partial charge in [-0.15, -0.1) is 0 Å². The minimum atomic E-state index is -2.70. The lowest BCUT2D eigenvalue weighted by atomic mass is 10.0. The number of hydrogen-bond donors (Lipinski definition) is 1. The summed E-state index contributed by atoms with van der Waals surface area (Å²) in [4.78, 5) is 26.7. The molecule has 5 rings (SSSR count). The molecule has 1 aliphatic rings. The topological polar surface area (TPSA) is 75.4 Å². The Morgan fingerprint density at radius 3 is 2.54 bits per heavy atom. The number of rotatable bonds is 5. The van der Waals surface area contributed by atoms with Crippen LogP contribution in [0, 0.1) is 0 Å². The number of nitrogens with one attached hydrogen (secondary N) is 1. The van der Waals surface area contributed by atoms with Gasteiger partial charge in [-0.3, -0.25) is 9.20 Å². The molecule has 182 valence electrons. The van der Waals surface area contributed by atoms with Crippen LogP contribution in [0.25, 0.3) is 16.6 Å². The van der Waals surface area contributed by atoms with E-state index in [1.165, 1.54) is 0 Å². The zero-order valence-corrected chi connectivity index (χ0v) is 20.7. The minimum absolute atomic E-state index is 0.145. The molecule has 0 amide bonds. The van der Waals surface area contributed by atoms with Crippen LogP contribution in [0.2, 0.25) is 15.3 Å². The minimum Gasteiger partial charge on any atom is -0.377 e. The van der Waals surface area contributed by atoms with Crippen LogP contribution in [0.1, 0.15) is 41.9 Å². The molecule has 0 spiro atoms. The van der Waals surface area contributed by atoms with Crippen LogP contribution in [-0.2, 0) is 0 Å². The molecule has 0 saturated carbocycles. The van der Waals surface area contributed by atoms with Gasteiger partial charge in [0.05, 0.1) is 23.4 Å². The lowest BCUT2D eigenvalue weighted by Crippen LogP contribution is -2.40.